The SMILES string of the molecule is COc1ccc(C#N)cc1S(=O)(=O)NCCc1ccc(N(C)C)cc1. The first-order valence-electron chi connectivity index (χ1n) is 7.71. The van der Waals surface area contributed by atoms with Gasteiger partial charge in [-0.15, -0.1) is 0 Å². The summed E-state index contributed by atoms with van der Waals surface area (Å²) >= 11 is 0. The number of sulfonamides is 1. The Morgan fingerprint density at radius 1 is 1.16 bits per heavy atom. The molecule has 0 aromatic heterocycles. The number of rotatable bonds is 7. The van der Waals surface area contributed by atoms with Gasteiger partial charge >= 0.3 is 0 Å². The standard InChI is InChI=1S/C18H21N3O3S/c1-21(2)16-7-4-14(5-8-16)10-11-20-25(22,23)18-12-15(13-19)6-9-17(18)24-3/h4-9,12,20H,10-11H2,1-3H3. The Balaban J connectivity index is 2.08. The van der Waals surface area contributed by atoms with Gasteiger partial charge in [-0.25, -0.2) is 13.1 Å². The van der Waals surface area contributed by atoms with Crippen LogP contribution in [-0.4, -0.2) is 36.2 Å². The van der Waals surface area contributed by atoms with Crippen molar-refractivity contribution in [3.63, 3.8) is 0 Å². The van der Waals surface area contributed by atoms with Crippen molar-refractivity contribution in [1.29, 1.82) is 5.26 Å². The van der Waals surface area contributed by atoms with Crippen LogP contribution in [0.4, 0.5) is 5.69 Å². The van der Waals surface area contributed by atoms with Crippen LogP contribution in [0.1, 0.15) is 11.1 Å². The molecular weight excluding hydrogens is 338 g/mol. The lowest BCUT2D eigenvalue weighted by Crippen LogP contribution is -2.26. The molecule has 0 aliphatic heterocycles. The largest absolute Gasteiger partial charge is 0.495 e. The van der Waals surface area contributed by atoms with E-state index >= 15 is 0 Å². The summed E-state index contributed by atoms with van der Waals surface area (Å²) < 4.78 is 32.7. The zero-order chi connectivity index (χ0) is 18.4. The van der Waals surface area contributed by atoms with Crippen molar-refractivity contribution in [3.05, 3.63) is 53.6 Å². The Hall–Kier alpha value is -2.56. The number of nitrogens with one attached hydrogen (secondary N) is 1. The highest BCUT2D eigenvalue weighted by molar-refractivity contribution is 7.89. The lowest BCUT2D eigenvalue weighted by molar-refractivity contribution is 0.402. The van der Waals surface area contributed by atoms with Gasteiger partial charge in [0.2, 0.25) is 10.0 Å². The molecule has 6 nitrogen and oxygen atoms in total. The van der Waals surface area contributed by atoms with Crippen LogP contribution in [0.15, 0.2) is 47.4 Å². The van der Waals surface area contributed by atoms with Gasteiger partial charge in [-0.2, -0.15) is 5.26 Å². The molecule has 0 spiro atoms. The second-order valence-electron chi connectivity index (χ2n) is 5.69. The molecule has 0 aliphatic carbocycles. The lowest BCUT2D eigenvalue weighted by atomic mass is 10.1. The number of nitriles is 1. The second-order valence-corrected chi connectivity index (χ2v) is 7.42. The van der Waals surface area contributed by atoms with Crippen LogP contribution in [0.2, 0.25) is 0 Å². The number of hydrogen-bond donors (Lipinski definition) is 1. The number of methoxy groups -OCH3 is 1. The molecule has 0 saturated carbocycles. The first kappa shape index (κ1) is 18.8. The van der Waals surface area contributed by atoms with E-state index in [1.807, 2.05) is 49.3 Å². The van der Waals surface area contributed by atoms with Crippen molar-refractivity contribution in [2.45, 2.75) is 11.3 Å². The average molecular weight is 359 g/mol. The molecule has 7 heteroatoms. The molecule has 0 bridgehead atoms. The number of anilines is 1. The first-order valence-corrected chi connectivity index (χ1v) is 9.20. The normalized spacial score (nSPS) is 11.0. The molecule has 0 unspecified atom stereocenters. The maximum Gasteiger partial charge on any atom is 0.244 e. The number of nitrogens with zero attached hydrogens (tertiary/aromatic N) is 2. The lowest BCUT2D eigenvalue weighted by Gasteiger charge is -2.13. The van der Waals surface area contributed by atoms with Crippen molar-refractivity contribution >= 4 is 15.7 Å². The van der Waals surface area contributed by atoms with E-state index in [0.717, 1.165) is 11.3 Å². The molecule has 0 aliphatic rings. The highest BCUT2D eigenvalue weighted by atomic mass is 32.2. The van der Waals surface area contributed by atoms with Crippen LogP contribution < -0.4 is 14.4 Å². The number of ether oxygens (including phenoxy) is 1. The van der Waals surface area contributed by atoms with E-state index in [4.69, 9.17) is 10.00 Å². The molecule has 2 aromatic carbocycles. The van der Waals surface area contributed by atoms with Crippen molar-refractivity contribution in [2.24, 2.45) is 0 Å². The van der Waals surface area contributed by atoms with E-state index in [1.54, 1.807) is 0 Å². The van der Waals surface area contributed by atoms with Gasteiger partial charge in [0.15, 0.2) is 0 Å². The second kappa shape index (κ2) is 8.01. The van der Waals surface area contributed by atoms with Gasteiger partial charge in [0, 0.05) is 26.3 Å². The third kappa shape index (κ3) is 4.72. The summed E-state index contributed by atoms with van der Waals surface area (Å²) in [4.78, 5) is 1.97. The van der Waals surface area contributed by atoms with E-state index in [-0.39, 0.29) is 22.8 Å². The summed E-state index contributed by atoms with van der Waals surface area (Å²) in [5.74, 6) is 0.210. The van der Waals surface area contributed by atoms with E-state index in [2.05, 4.69) is 4.72 Å². The van der Waals surface area contributed by atoms with Gasteiger partial charge in [0.05, 0.1) is 18.7 Å². The van der Waals surface area contributed by atoms with Crippen molar-refractivity contribution < 1.29 is 13.2 Å². The highest BCUT2D eigenvalue weighted by Gasteiger charge is 2.19. The summed E-state index contributed by atoms with van der Waals surface area (Å²) in [6, 6.07) is 14.2. The van der Waals surface area contributed by atoms with Crippen LogP contribution in [0.25, 0.3) is 0 Å². The minimum Gasteiger partial charge on any atom is -0.495 e. The molecule has 1 N–H and O–H groups in total. The topological polar surface area (TPSA) is 82.4 Å². The quantitative estimate of drug-likeness (QED) is 0.819. The van der Waals surface area contributed by atoms with E-state index in [0.29, 0.717) is 6.42 Å². The smallest absolute Gasteiger partial charge is 0.244 e. The Kier molecular flexibility index (Phi) is 6.02. The molecule has 132 valence electrons. The van der Waals surface area contributed by atoms with Crippen molar-refractivity contribution in [2.75, 3.05) is 32.6 Å². The molecule has 0 saturated heterocycles. The Morgan fingerprint density at radius 2 is 1.84 bits per heavy atom. The predicted molar refractivity (Wildman–Crippen MR) is 97.4 cm³/mol. The van der Waals surface area contributed by atoms with Gasteiger partial charge in [0.25, 0.3) is 0 Å². The molecule has 0 fully saturated rings. The highest BCUT2D eigenvalue weighted by Crippen LogP contribution is 2.24. The van der Waals surface area contributed by atoms with Gasteiger partial charge in [-0.05, 0) is 42.3 Å². The zero-order valence-corrected chi connectivity index (χ0v) is 15.3. The number of hydrogen-bond acceptors (Lipinski definition) is 5. The zero-order valence-electron chi connectivity index (χ0n) is 14.5. The number of benzene rings is 2. The molecule has 25 heavy (non-hydrogen) atoms. The van der Waals surface area contributed by atoms with Crippen LogP contribution in [0.3, 0.4) is 0 Å². The van der Waals surface area contributed by atoms with Gasteiger partial charge in [-0.3, -0.25) is 0 Å². The molecule has 0 heterocycles. The third-order valence-electron chi connectivity index (χ3n) is 3.74. The third-order valence-corrected chi connectivity index (χ3v) is 5.22. The van der Waals surface area contributed by atoms with Gasteiger partial charge in [0.1, 0.15) is 10.6 Å². The summed E-state index contributed by atoms with van der Waals surface area (Å²) in [6.07, 6.45) is 0.563. The summed E-state index contributed by atoms with van der Waals surface area (Å²) in [5.41, 5.74) is 2.38. The van der Waals surface area contributed by atoms with E-state index < -0.39 is 10.0 Å². The fraction of sp³-hybridized carbons (Fsp3) is 0.278. The predicted octanol–water partition coefficient (Wildman–Crippen LogP) is 2.15. The molecule has 2 rings (SSSR count). The monoisotopic (exact) mass is 359 g/mol. The van der Waals surface area contributed by atoms with Gasteiger partial charge < -0.3 is 9.64 Å². The summed E-state index contributed by atoms with van der Waals surface area (Å²) in [6.45, 7) is 0.254. The molecule has 2 aromatic rings. The van der Waals surface area contributed by atoms with Crippen LogP contribution in [0.5, 0.6) is 5.75 Å². The van der Waals surface area contributed by atoms with E-state index in [9.17, 15) is 8.42 Å². The summed E-state index contributed by atoms with van der Waals surface area (Å²) in [7, 11) is 1.56. The fourth-order valence-corrected chi connectivity index (χ4v) is 3.55. The first-order chi connectivity index (χ1) is 11.9. The fourth-order valence-electron chi connectivity index (χ4n) is 2.32. The van der Waals surface area contributed by atoms with Crippen LogP contribution in [-0.2, 0) is 16.4 Å². The molecule has 0 amide bonds. The minimum atomic E-state index is -3.76. The van der Waals surface area contributed by atoms with Crippen LogP contribution in [0, 0.1) is 11.3 Å². The van der Waals surface area contributed by atoms with Crippen LogP contribution >= 0.6 is 0 Å². The molecular formula is C18H21N3O3S. The van der Waals surface area contributed by atoms with Crippen molar-refractivity contribution in [3.8, 4) is 11.8 Å². The van der Waals surface area contributed by atoms with E-state index in [1.165, 1.54) is 25.3 Å². The molecule has 0 radical (unpaired) electrons. The van der Waals surface area contributed by atoms with Gasteiger partial charge in [-0.1, -0.05) is 12.1 Å². The molecule has 0 atom stereocenters. The maximum absolute atomic E-state index is 12.5. The Labute approximate surface area is 148 Å². The minimum absolute atomic E-state index is 0.0306. The maximum atomic E-state index is 12.5. The average Bonchev–Trinajstić information content (AvgIpc) is 2.61. The van der Waals surface area contributed by atoms with Crippen molar-refractivity contribution in [1.82, 2.24) is 4.72 Å². The Morgan fingerprint density at radius 3 is 2.40 bits per heavy atom. The Bertz CT molecular complexity index is 869. The summed E-state index contributed by atoms with van der Waals surface area (Å²) in [5, 5.41) is 8.97.